The van der Waals surface area contributed by atoms with Crippen molar-refractivity contribution in [3.8, 4) is 0 Å². The summed E-state index contributed by atoms with van der Waals surface area (Å²) in [4.78, 5) is 5.05. The molecule has 0 spiro atoms. The molecule has 0 amide bonds. The van der Waals surface area contributed by atoms with E-state index < -0.39 is 0 Å². The average Bonchev–Trinajstić information content (AvgIpc) is 2.32. The third-order valence-corrected chi connectivity index (χ3v) is 2.34. The predicted octanol–water partition coefficient (Wildman–Crippen LogP) is -1.14. The van der Waals surface area contributed by atoms with Gasteiger partial charge < -0.3 is 15.5 Å². The molecule has 4 N–H and O–H groups in total. The standard InChI is InChI=1S/C10H12N4O3/c11-8-1-2-9(12-4-6-15)7-3-5-13(16)14(17)10(7)8/h1-3,5,11,15-17H,4,6H2. The number of nitrogens with zero attached hydrogens (tertiary/aromatic N) is 3. The van der Waals surface area contributed by atoms with E-state index in [-0.39, 0.29) is 23.9 Å². The molecule has 0 unspecified atom stereocenters. The number of aliphatic hydroxyl groups is 1. The monoisotopic (exact) mass is 236 g/mol. The van der Waals surface area contributed by atoms with Crippen molar-refractivity contribution in [1.82, 2.24) is 9.69 Å². The summed E-state index contributed by atoms with van der Waals surface area (Å²) in [5.41, 5.74) is 0. The molecular weight excluding hydrogens is 224 g/mol. The first kappa shape index (κ1) is 11.2. The van der Waals surface area contributed by atoms with Gasteiger partial charge in [0.1, 0.15) is 5.35 Å². The molecule has 90 valence electrons. The van der Waals surface area contributed by atoms with Crippen LogP contribution in [0.5, 0.6) is 0 Å². The van der Waals surface area contributed by atoms with E-state index in [1.807, 2.05) is 0 Å². The van der Waals surface area contributed by atoms with Crippen molar-refractivity contribution in [3.63, 3.8) is 0 Å². The molecular formula is C10H12N4O3. The van der Waals surface area contributed by atoms with Crippen molar-refractivity contribution >= 4 is 0 Å². The maximum Gasteiger partial charge on any atom is 0.136 e. The third-order valence-electron chi connectivity index (χ3n) is 2.34. The van der Waals surface area contributed by atoms with Gasteiger partial charge in [0, 0.05) is 5.22 Å². The molecule has 0 atom stereocenters. The van der Waals surface area contributed by atoms with Gasteiger partial charge >= 0.3 is 0 Å². The second kappa shape index (κ2) is 4.30. The minimum atomic E-state index is -0.0733. The highest BCUT2D eigenvalue weighted by Gasteiger charge is 2.01. The Kier molecular flexibility index (Phi) is 2.84. The lowest BCUT2D eigenvalue weighted by Gasteiger charge is -2.05. The second-order valence-electron chi connectivity index (χ2n) is 3.43. The first-order valence-corrected chi connectivity index (χ1v) is 4.97. The lowest BCUT2D eigenvalue weighted by Crippen LogP contribution is -2.23. The van der Waals surface area contributed by atoms with Gasteiger partial charge in [-0.15, -0.1) is 0 Å². The van der Waals surface area contributed by atoms with Crippen molar-refractivity contribution in [1.29, 1.82) is 5.41 Å². The molecule has 0 fully saturated rings. The van der Waals surface area contributed by atoms with Crippen molar-refractivity contribution in [2.45, 2.75) is 0 Å². The topological polar surface area (TPSA) is 107 Å². The Morgan fingerprint density at radius 3 is 2.71 bits per heavy atom. The lowest BCUT2D eigenvalue weighted by molar-refractivity contribution is -0.0221. The fraction of sp³-hybridized carbons (Fsp3) is 0.200. The Morgan fingerprint density at radius 1 is 1.24 bits per heavy atom. The normalized spacial score (nSPS) is 12.2. The highest BCUT2D eigenvalue weighted by atomic mass is 16.6. The Balaban J connectivity index is 2.98. The largest absolute Gasteiger partial charge is 0.411 e. The van der Waals surface area contributed by atoms with Crippen LogP contribution >= 0.6 is 0 Å². The van der Waals surface area contributed by atoms with Crippen molar-refractivity contribution < 1.29 is 15.5 Å². The highest BCUT2D eigenvalue weighted by molar-refractivity contribution is 5.08. The van der Waals surface area contributed by atoms with E-state index in [4.69, 9.17) is 10.5 Å². The molecule has 17 heavy (non-hydrogen) atoms. The van der Waals surface area contributed by atoms with Gasteiger partial charge in [-0.2, -0.15) is 0 Å². The number of rotatable bonds is 2. The lowest BCUT2D eigenvalue weighted by atomic mass is 10.2. The summed E-state index contributed by atoms with van der Waals surface area (Å²) < 4.78 is 0. The molecule has 0 aromatic rings. The molecule has 1 aliphatic carbocycles. The Labute approximate surface area is 95.2 Å². The fourth-order valence-corrected chi connectivity index (χ4v) is 1.59. The van der Waals surface area contributed by atoms with Gasteiger partial charge in [-0.3, -0.25) is 10.4 Å². The Hall–Kier alpha value is -2.28. The molecule has 7 heteroatoms. The smallest absolute Gasteiger partial charge is 0.136 e. The molecule has 0 bridgehead atoms. The van der Waals surface area contributed by atoms with Crippen LogP contribution in [0.4, 0.5) is 0 Å². The van der Waals surface area contributed by atoms with Gasteiger partial charge in [-0.25, -0.2) is 0 Å². The van der Waals surface area contributed by atoms with Gasteiger partial charge in [-0.05, 0) is 18.2 Å². The summed E-state index contributed by atoms with van der Waals surface area (Å²) in [5.74, 6) is 0. The number of hydrogen-bond acceptors (Lipinski definition) is 5. The van der Waals surface area contributed by atoms with Crippen LogP contribution in [-0.2, 0) is 0 Å². The summed E-state index contributed by atoms with van der Waals surface area (Å²) in [5, 5.41) is 36.6. The van der Waals surface area contributed by atoms with Gasteiger partial charge in [0.05, 0.1) is 30.1 Å². The van der Waals surface area contributed by atoms with Crippen LogP contribution in [0.1, 0.15) is 0 Å². The van der Waals surface area contributed by atoms with Crippen LogP contribution in [-0.4, -0.2) is 38.4 Å². The Morgan fingerprint density at radius 2 is 2.00 bits per heavy atom. The first-order chi connectivity index (χ1) is 8.15. The van der Waals surface area contributed by atoms with Crippen LogP contribution in [0.25, 0.3) is 0 Å². The number of aliphatic hydroxyl groups excluding tert-OH is 1. The molecule has 2 rings (SSSR count). The average molecular weight is 236 g/mol. The van der Waals surface area contributed by atoms with Crippen molar-refractivity contribution in [2.24, 2.45) is 4.99 Å². The SMILES string of the molecule is N=c1ccc(=NCCO)c2ccn(O)n(O)c1=2. The quantitative estimate of drug-likeness (QED) is 0.495. The van der Waals surface area contributed by atoms with E-state index in [1.54, 1.807) is 6.07 Å². The minimum absolute atomic E-state index is 0.0637. The summed E-state index contributed by atoms with van der Waals surface area (Å²) in [6.45, 7) is 0.169. The van der Waals surface area contributed by atoms with Gasteiger partial charge in [0.2, 0.25) is 0 Å². The number of nitrogens with one attached hydrogen (secondary N) is 1. The number of hydrogen-bond donors (Lipinski definition) is 4. The van der Waals surface area contributed by atoms with E-state index in [2.05, 4.69) is 4.99 Å². The maximum atomic E-state index is 9.61. The summed E-state index contributed by atoms with van der Waals surface area (Å²) >= 11 is 0. The number of aromatic nitrogens is 2. The van der Waals surface area contributed by atoms with E-state index in [0.717, 1.165) is 0 Å². The molecule has 1 heterocycles. The molecule has 0 aromatic carbocycles. The molecule has 0 aromatic heterocycles. The van der Waals surface area contributed by atoms with Crippen molar-refractivity contribution in [3.05, 3.63) is 45.7 Å². The second-order valence-corrected chi connectivity index (χ2v) is 3.43. The molecule has 2 aliphatic rings. The molecule has 0 saturated carbocycles. The molecule has 0 radical (unpaired) electrons. The van der Waals surface area contributed by atoms with E-state index >= 15 is 0 Å². The summed E-state index contributed by atoms with van der Waals surface area (Å²) in [6, 6.07) is 4.63. The predicted molar refractivity (Wildman–Crippen MR) is 55.5 cm³/mol. The van der Waals surface area contributed by atoms with Crippen LogP contribution in [0, 0.1) is 16.0 Å². The van der Waals surface area contributed by atoms with E-state index in [1.165, 1.54) is 18.3 Å². The van der Waals surface area contributed by atoms with Gasteiger partial charge in [-0.1, -0.05) is 9.69 Å². The summed E-state index contributed by atoms with van der Waals surface area (Å²) in [6.07, 6.45) is 1.24. The molecule has 7 nitrogen and oxygen atoms in total. The maximum absolute atomic E-state index is 9.61. The van der Waals surface area contributed by atoms with E-state index in [0.29, 0.717) is 20.3 Å². The zero-order valence-corrected chi connectivity index (χ0v) is 8.91. The molecule has 1 aliphatic heterocycles. The van der Waals surface area contributed by atoms with E-state index in [9.17, 15) is 10.4 Å². The van der Waals surface area contributed by atoms with Crippen LogP contribution < -0.4 is 10.7 Å². The minimum Gasteiger partial charge on any atom is -0.411 e. The van der Waals surface area contributed by atoms with Crippen LogP contribution in [0.15, 0.2) is 29.4 Å². The molecule has 0 saturated heterocycles. The fourth-order valence-electron chi connectivity index (χ4n) is 1.59. The van der Waals surface area contributed by atoms with Crippen LogP contribution in [0.3, 0.4) is 0 Å². The Bertz CT molecular complexity index is 716. The highest BCUT2D eigenvalue weighted by Crippen LogP contribution is 1.89. The first-order valence-electron chi connectivity index (χ1n) is 4.97. The third kappa shape index (κ3) is 1.87. The van der Waals surface area contributed by atoms with Crippen molar-refractivity contribution in [2.75, 3.05) is 13.2 Å². The summed E-state index contributed by atoms with van der Waals surface area (Å²) in [7, 11) is 0. The van der Waals surface area contributed by atoms with Gasteiger partial charge in [0.15, 0.2) is 0 Å². The van der Waals surface area contributed by atoms with Crippen LogP contribution in [0.2, 0.25) is 0 Å². The zero-order chi connectivity index (χ0) is 12.4. The van der Waals surface area contributed by atoms with Gasteiger partial charge in [0.25, 0.3) is 0 Å². The zero-order valence-electron chi connectivity index (χ0n) is 8.91.